The molecule has 187 valence electrons. The van der Waals surface area contributed by atoms with Crippen LogP contribution in [-0.4, -0.2) is 30.8 Å². The molecule has 33 heavy (non-hydrogen) atoms. The predicted molar refractivity (Wildman–Crippen MR) is 127 cm³/mol. The molecule has 0 bridgehead atoms. The van der Waals surface area contributed by atoms with Crippen LogP contribution in [0.2, 0.25) is 0 Å². The Balaban J connectivity index is 0.000000616. The monoisotopic (exact) mass is 596 g/mol. The van der Waals surface area contributed by atoms with Gasteiger partial charge in [0.2, 0.25) is 0 Å². The van der Waals surface area contributed by atoms with Gasteiger partial charge < -0.3 is 9.44 Å². The molecular weight excluding hydrogens is 564 g/mol. The van der Waals surface area contributed by atoms with E-state index in [1.54, 1.807) is 0 Å². The number of ether oxygens (including phenoxy) is 1. The SMILES string of the molecule is C1=CCC/C=C\CC1.C[C@@H]1CC[CH-][PH+]1C1=C([PH+]2[CH-]CC[C@H]2C)C(=O)OC1=O.FB(F)F.[F-].[Rh+2]. The molecule has 3 nitrogen and oxygen atoms in total. The fourth-order valence-electron chi connectivity index (χ4n) is 4.16. The summed E-state index contributed by atoms with van der Waals surface area (Å²) in [7, 11) is -5.65. The van der Waals surface area contributed by atoms with Crippen molar-refractivity contribution in [2.24, 2.45) is 0 Å². The molecule has 11 heteroatoms. The Bertz CT molecular complexity index is 653. The van der Waals surface area contributed by atoms with Crippen LogP contribution >= 0.6 is 15.8 Å². The van der Waals surface area contributed by atoms with Crippen molar-refractivity contribution >= 4 is 35.3 Å². The van der Waals surface area contributed by atoms with E-state index in [2.05, 4.69) is 50.5 Å². The Kier molecular flexibility index (Phi) is 16.9. The van der Waals surface area contributed by atoms with Crippen LogP contribution in [-0.2, 0) is 33.8 Å². The zero-order valence-electron chi connectivity index (χ0n) is 18.9. The van der Waals surface area contributed by atoms with Crippen LogP contribution in [0.3, 0.4) is 0 Å². The minimum Gasteiger partial charge on any atom is -1.00 e. The molecule has 0 saturated carbocycles. The van der Waals surface area contributed by atoms with Gasteiger partial charge in [-0.3, -0.25) is 12.9 Å². The van der Waals surface area contributed by atoms with Crippen LogP contribution in [0.1, 0.15) is 65.2 Å². The van der Waals surface area contributed by atoms with Crippen molar-refractivity contribution in [3.8, 4) is 0 Å². The van der Waals surface area contributed by atoms with E-state index < -0.39 is 23.4 Å². The third-order valence-corrected chi connectivity index (χ3v) is 12.2. The molecule has 2 fully saturated rings. The first-order chi connectivity index (χ1) is 14.8. The van der Waals surface area contributed by atoms with Crippen LogP contribution < -0.4 is 4.70 Å². The van der Waals surface area contributed by atoms with Crippen LogP contribution in [0.25, 0.3) is 0 Å². The molecule has 4 aliphatic rings. The predicted octanol–water partition coefficient (Wildman–Crippen LogP) is 3.95. The zero-order chi connectivity index (χ0) is 22.8. The van der Waals surface area contributed by atoms with Crippen LogP contribution in [0.5, 0.6) is 0 Å². The second-order valence-corrected chi connectivity index (χ2v) is 13.7. The van der Waals surface area contributed by atoms with Gasteiger partial charge in [-0.25, -0.2) is 9.59 Å². The minimum atomic E-state index is -3.67. The Hall–Kier alpha value is -0.372. The van der Waals surface area contributed by atoms with E-state index in [0.29, 0.717) is 11.3 Å². The first kappa shape index (κ1) is 32.6. The smallest absolute Gasteiger partial charge is 1.00 e. The van der Waals surface area contributed by atoms with Crippen LogP contribution in [0.4, 0.5) is 12.9 Å². The van der Waals surface area contributed by atoms with Crippen molar-refractivity contribution in [2.75, 3.05) is 0 Å². The number of hydrogen-bond donors (Lipinski definition) is 0. The van der Waals surface area contributed by atoms with Crippen molar-refractivity contribution in [1.29, 1.82) is 0 Å². The van der Waals surface area contributed by atoms with Gasteiger partial charge in [0, 0.05) is 11.3 Å². The minimum absolute atomic E-state index is 0. The summed E-state index contributed by atoms with van der Waals surface area (Å²) in [6.07, 6.45) is 23.0. The number of hydrogen-bond acceptors (Lipinski definition) is 3. The molecule has 3 aliphatic heterocycles. The summed E-state index contributed by atoms with van der Waals surface area (Å²) in [5.41, 5.74) is 1.10. The van der Waals surface area contributed by atoms with E-state index in [-0.39, 0.29) is 36.1 Å². The van der Waals surface area contributed by atoms with E-state index in [9.17, 15) is 22.5 Å². The summed E-state index contributed by atoms with van der Waals surface area (Å²) < 4.78 is 34.0. The molecule has 0 aromatic heterocycles. The third kappa shape index (κ3) is 10.4. The van der Waals surface area contributed by atoms with E-state index in [1.807, 2.05) is 0 Å². The number of allylic oxidation sites excluding steroid dienone is 4. The molecule has 1 radical (unpaired) electrons. The molecule has 0 spiro atoms. The molecule has 2 saturated heterocycles. The number of rotatable bonds is 2. The second-order valence-electron chi connectivity index (χ2n) is 8.05. The summed E-state index contributed by atoms with van der Waals surface area (Å²) in [6.45, 7) is 4.41. The van der Waals surface area contributed by atoms with Crippen molar-refractivity contribution in [3.63, 3.8) is 0 Å². The molecule has 4 atom stereocenters. The van der Waals surface area contributed by atoms with E-state index >= 15 is 0 Å². The van der Waals surface area contributed by atoms with Crippen LogP contribution in [0, 0.1) is 12.3 Å². The van der Waals surface area contributed by atoms with Crippen LogP contribution in [0.15, 0.2) is 34.9 Å². The fraction of sp³-hybridized carbons (Fsp3) is 0.545. The number of carbonyl (C=O) groups excluding carboxylic acids is 2. The molecular formula is C22H32BF4O3P2Rh+. The summed E-state index contributed by atoms with van der Waals surface area (Å²) in [5.74, 6) is -0.659. The van der Waals surface area contributed by atoms with Crippen molar-refractivity contribution in [3.05, 3.63) is 47.3 Å². The summed E-state index contributed by atoms with van der Waals surface area (Å²) in [4.78, 5) is 24.2. The normalized spacial score (nSPS) is 29.2. The van der Waals surface area contributed by atoms with E-state index in [1.165, 1.54) is 25.7 Å². The largest absolute Gasteiger partial charge is 2.00 e. The maximum absolute atomic E-state index is 12.1. The molecule has 0 N–H and O–H groups in total. The zero-order valence-corrected chi connectivity index (χ0v) is 22.6. The van der Waals surface area contributed by atoms with Gasteiger partial charge in [0.05, 0.1) is 0 Å². The summed E-state index contributed by atoms with van der Waals surface area (Å²) in [6, 6.07) is 0. The summed E-state index contributed by atoms with van der Waals surface area (Å²) >= 11 is 0. The van der Waals surface area contributed by atoms with Gasteiger partial charge in [0.1, 0.15) is 0 Å². The topological polar surface area (TPSA) is 43.4 Å². The van der Waals surface area contributed by atoms with Gasteiger partial charge in [-0.05, 0) is 52.4 Å². The standard InChI is InChI=1S/C14H20O3P2.C8H12.BF3.FH.Rh/c1-9-5-3-7-18(9)11-12(14(16)17-13(11)15)19-8-4-6-10(19)2;1-2-4-6-8-7-5-3-1;2-1(3)4;;/h7-10,18-19H,3-6H2,1-2H3;1-2,7-8H,3-6H2;;1H;/q;;;;+2/p-1/b;2-1-,8-7?;;;/t9-,10-;;;;/m1..../s1. The molecule has 0 aromatic carbocycles. The third-order valence-electron chi connectivity index (χ3n) is 5.74. The Labute approximate surface area is 210 Å². The maximum Gasteiger partial charge on any atom is 2.00 e. The number of halogens is 4. The molecule has 0 amide bonds. The Morgan fingerprint density at radius 3 is 1.36 bits per heavy atom. The fourth-order valence-corrected chi connectivity index (χ4v) is 10.5. The molecule has 0 aromatic rings. The van der Waals surface area contributed by atoms with Gasteiger partial charge >= 0.3 is 39.0 Å². The first-order valence-electron chi connectivity index (χ1n) is 11.0. The summed E-state index contributed by atoms with van der Waals surface area (Å²) in [5, 5.41) is 1.61. The van der Waals surface area contributed by atoms with Crippen molar-refractivity contribution < 1.29 is 51.5 Å². The van der Waals surface area contributed by atoms with Gasteiger partial charge in [-0.1, -0.05) is 40.1 Å². The molecule has 2 unspecified atom stereocenters. The van der Waals surface area contributed by atoms with Crippen molar-refractivity contribution in [2.45, 2.75) is 76.5 Å². The average molecular weight is 596 g/mol. The molecule has 1 aliphatic carbocycles. The number of carbonyl (C=O) groups is 2. The van der Waals surface area contributed by atoms with Gasteiger partial charge in [-0.15, -0.1) is 12.8 Å². The average Bonchev–Trinajstić information content (AvgIpc) is 3.33. The molecule has 3 heterocycles. The van der Waals surface area contributed by atoms with Crippen molar-refractivity contribution in [1.82, 2.24) is 0 Å². The number of cyclic esters (lactones) is 2. The van der Waals surface area contributed by atoms with E-state index in [0.717, 1.165) is 36.3 Å². The Morgan fingerprint density at radius 1 is 0.818 bits per heavy atom. The number of esters is 2. The van der Waals surface area contributed by atoms with Gasteiger partial charge in [-0.2, -0.15) is 12.3 Å². The van der Waals surface area contributed by atoms with E-state index in [4.69, 9.17) is 4.74 Å². The second kappa shape index (κ2) is 17.1. The maximum atomic E-state index is 12.1. The van der Waals surface area contributed by atoms with Gasteiger partial charge in [0.25, 0.3) is 0 Å². The van der Waals surface area contributed by atoms with Gasteiger partial charge in [0.15, 0.2) is 10.6 Å². The molecule has 4 rings (SSSR count). The quantitative estimate of drug-likeness (QED) is 0.0924. The Morgan fingerprint density at radius 2 is 1.12 bits per heavy atom. The first-order valence-corrected chi connectivity index (χ1v) is 14.3.